The minimum absolute atomic E-state index is 0.227. The summed E-state index contributed by atoms with van der Waals surface area (Å²) in [5.41, 5.74) is 5.60. The number of fused-ring (bicyclic) bond motifs is 6. The summed E-state index contributed by atoms with van der Waals surface area (Å²) in [4.78, 5) is 2.41. The molecule has 0 saturated heterocycles. The quantitative estimate of drug-likeness (QED) is 0.842. The maximum Gasteiger partial charge on any atom is 0.0596 e. The number of aliphatic hydroxyl groups is 1. The topological polar surface area (TPSA) is 23.5 Å². The van der Waals surface area contributed by atoms with Crippen LogP contribution in [0.4, 0.5) is 0 Å². The Bertz CT molecular complexity index is 573. The molecule has 2 aromatic carbocycles. The van der Waals surface area contributed by atoms with Crippen LogP contribution in [0.5, 0.6) is 0 Å². The lowest BCUT2D eigenvalue weighted by Gasteiger charge is -2.46. The average molecular weight is 251 g/mol. The van der Waals surface area contributed by atoms with Gasteiger partial charge in [0.1, 0.15) is 0 Å². The first-order chi connectivity index (χ1) is 9.38. The highest BCUT2D eigenvalue weighted by molar-refractivity contribution is 5.47. The SMILES string of the molecule is OCC1C2c3ccccc3CN1Cc1ccccc12. The number of hydrogen-bond donors (Lipinski definition) is 1. The third kappa shape index (κ3) is 1.57. The van der Waals surface area contributed by atoms with Gasteiger partial charge in [-0.25, -0.2) is 0 Å². The third-order valence-corrected chi connectivity index (χ3v) is 4.57. The summed E-state index contributed by atoms with van der Waals surface area (Å²) in [6, 6.07) is 17.6. The molecule has 2 nitrogen and oxygen atoms in total. The molecule has 0 saturated carbocycles. The van der Waals surface area contributed by atoms with Gasteiger partial charge in [-0.05, 0) is 22.3 Å². The van der Waals surface area contributed by atoms with E-state index in [1.165, 1.54) is 22.3 Å². The van der Waals surface area contributed by atoms with E-state index in [1.54, 1.807) is 0 Å². The molecule has 2 aromatic rings. The highest BCUT2D eigenvalue weighted by atomic mass is 16.3. The molecule has 96 valence electrons. The molecule has 19 heavy (non-hydrogen) atoms. The van der Waals surface area contributed by atoms with Gasteiger partial charge in [0.15, 0.2) is 0 Å². The van der Waals surface area contributed by atoms with Crippen LogP contribution in [0.2, 0.25) is 0 Å². The largest absolute Gasteiger partial charge is 0.395 e. The smallest absolute Gasteiger partial charge is 0.0596 e. The van der Waals surface area contributed by atoms with E-state index >= 15 is 0 Å². The van der Waals surface area contributed by atoms with Gasteiger partial charge in [0, 0.05) is 25.0 Å². The lowest BCUT2D eigenvalue weighted by Crippen LogP contribution is -2.48. The highest BCUT2D eigenvalue weighted by Crippen LogP contribution is 2.43. The van der Waals surface area contributed by atoms with Crippen molar-refractivity contribution in [2.75, 3.05) is 6.61 Å². The van der Waals surface area contributed by atoms with E-state index in [0.29, 0.717) is 5.92 Å². The summed E-state index contributed by atoms with van der Waals surface area (Å²) in [5, 5.41) is 9.81. The Balaban J connectivity index is 1.95. The van der Waals surface area contributed by atoms with Gasteiger partial charge in [-0.3, -0.25) is 4.90 Å². The van der Waals surface area contributed by atoms with Crippen LogP contribution in [0.25, 0.3) is 0 Å². The molecule has 4 rings (SSSR count). The number of benzene rings is 2. The van der Waals surface area contributed by atoms with Crippen molar-refractivity contribution in [2.45, 2.75) is 25.0 Å². The molecule has 2 heterocycles. The second-order valence-electron chi connectivity index (χ2n) is 5.53. The summed E-state index contributed by atoms with van der Waals surface area (Å²) in [7, 11) is 0. The van der Waals surface area contributed by atoms with E-state index in [4.69, 9.17) is 0 Å². The molecule has 1 unspecified atom stereocenters. The standard InChI is InChI=1S/C17H17NO/c19-11-16-17-14-7-3-1-5-12(14)9-18(16)10-13-6-2-4-8-15(13)17/h1-8,16-17,19H,9-11H2. The Morgan fingerprint density at radius 2 is 1.42 bits per heavy atom. The molecule has 2 heteroatoms. The molecule has 0 spiro atoms. The zero-order chi connectivity index (χ0) is 12.8. The molecule has 0 amide bonds. The summed E-state index contributed by atoms with van der Waals surface area (Å²) in [6.07, 6.45) is 0. The van der Waals surface area contributed by atoms with Crippen LogP contribution in [0, 0.1) is 0 Å². The Morgan fingerprint density at radius 1 is 0.895 bits per heavy atom. The molecule has 0 radical (unpaired) electrons. The first-order valence-corrected chi connectivity index (χ1v) is 6.89. The highest BCUT2D eigenvalue weighted by Gasteiger charge is 2.39. The van der Waals surface area contributed by atoms with Crippen molar-refractivity contribution >= 4 is 0 Å². The van der Waals surface area contributed by atoms with Gasteiger partial charge in [-0.1, -0.05) is 48.5 Å². The normalized spacial score (nSPS) is 27.5. The van der Waals surface area contributed by atoms with Gasteiger partial charge in [-0.2, -0.15) is 0 Å². The van der Waals surface area contributed by atoms with Crippen LogP contribution in [-0.2, 0) is 13.1 Å². The van der Waals surface area contributed by atoms with E-state index in [-0.39, 0.29) is 12.6 Å². The predicted octanol–water partition coefficient (Wildman–Crippen LogP) is 2.51. The Morgan fingerprint density at radius 3 is 1.95 bits per heavy atom. The third-order valence-electron chi connectivity index (χ3n) is 4.57. The molecule has 0 aromatic heterocycles. The first-order valence-electron chi connectivity index (χ1n) is 6.89. The van der Waals surface area contributed by atoms with E-state index in [0.717, 1.165) is 13.1 Å². The fourth-order valence-electron chi connectivity index (χ4n) is 3.70. The van der Waals surface area contributed by atoms with Crippen molar-refractivity contribution < 1.29 is 5.11 Å². The second-order valence-corrected chi connectivity index (χ2v) is 5.53. The molecule has 0 aliphatic carbocycles. The molecule has 2 aliphatic rings. The van der Waals surface area contributed by atoms with Gasteiger partial charge < -0.3 is 5.11 Å². The molecule has 2 aliphatic heterocycles. The van der Waals surface area contributed by atoms with Crippen molar-refractivity contribution in [1.29, 1.82) is 0 Å². The number of aliphatic hydroxyl groups excluding tert-OH is 1. The lowest BCUT2D eigenvalue weighted by molar-refractivity contribution is 0.0763. The average Bonchev–Trinajstić information content (AvgIpc) is 2.46. The second kappa shape index (κ2) is 4.19. The van der Waals surface area contributed by atoms with Crippen LogP contribution in [0.15, 0.2) is 48.5 Å². The first kappa shape index (κ1) is 11.2. The van der Waals surface area contributed by atoms with Crippen LogP contribution < -0.4 is 0 Å². The van der Waals surface area contributed by atoms with E-state index in [2.05, 4.69) is 53.4 Å². The Hall–Kier alpha value is -1.64. The van der Waals surface area contributed by atoms with Crippen molar-refractivity contribution in [3.8, 4) is 0 Å². The van der Waals surface area contributed by atoms with Crippen molar-refractivity contribution in [3.63, 3.8) is 0 Å². The molecular weight excluding hydrogens is 234 g/mol. The van der Waals surface area contributed by atoms with Gasteiger partial charge >= 0.3 is 0 Å². The summed E-state index contributed by atoms with van der Waals surface area (Å²) in [6.45, 7) is 2.13. The molecular formula is C17H17NO. The maximum atomic E-state index is 9.81. The monoisotopic (exact) mass is 251 g/mol. The maximum absolute atomic E-state index is 9.81. The van der Waals surface area contributed by atoms with Gasteiger partial charge in [0.2, 0.25) is 0 Å². The van der Waals surface area contributed by atoms with Gasteiger partial charge in [0.05, 0.1) is 6.61 Å². The summed E-state index contributed by atoms with van der Waals surface area (Å²) < 4.78 is 0. The zero-order valence-corrected chi connectivity index (χ0v) is 10.8. The van der Waals surface area contributed by atoms with E-state index in [1.807, 2.05) is 0 Å². The lowest BCUT2D eigenvalue weighted by atomic mass is 9.74. The molecule has 1 atom stereocenters. The summed E-state index contributed by atoms with van der Waals surface area (Å²) >= 11 is 0. The molecule has 2 bridgehead atoms. The predicted molar refractivity (Wildman–Crippen MR) is 74.8 cm³/mol. The van der Waals surface area contributed by atoms with Crippen molar-refractivity contribution in [2.24, 2.45) is 0 Å². The van der Waals surface area contributed by atoms with Crippen LogP contribution in [0.1, 0.15) is 28.2 Å². The fourth-order valence-corrected chi connectivity index (χ4v) is 3.70. The number of hydrogen-bond acceptors (Lipinski definition) is 2. The number of rotatable bonds is 1. The minimum Gasteiger partial charge on any atom is -0.395 e. The van der Waals surface area contributed by atoms with Gasteiger partial charge in [-0.15, -0.1) is 0 Å². The van der Waals surface area contributed by atoms with Crippen molar-refractivity contribution in [3.05, 3.63) is 70.8 Å². The Kier molecular flexibility index (Phi) is 2.47. The molecule has 0 fully saturated rings. The Labute approximate surface area is 113 Å². The van der Waals surface area contributed by atoms with E-state index < -0.39 is 0 Å². The molecule has 1 N–H and O–H groups in total. The van der Waals surface area contributed by atoms with Crippen LogP contribution in [-0.4, -0.2) is 22.7 Å². The fraction of sp³-hybridized carbons (Fsp3) is 0.294. The van der Waals surface area contributed by atoms with Crippen LogP contribution in [0.3, 0.4) is 0 Å². The summed E-state index contributed by atoms with van der Waals surface area (Å²) in [5.74, 6) is 0.319. The van der Waals surface area contributed by atoms with Gasteiger partial charge in [0.25, 0.3) is 0 Å². The zero-order valence-electron chi connectivity index (χ0n) is 10.8. The number of nitrogens with zero attached hydrogens (tertiary/aromatic N) is 1. The van der Waals surface area contributed by atoms with Crippen LogP contribution >= 0.6 is 0 Å². The van der Waals surface area contributed by atoms with E-state index in [9.17, 15) is 5.11 Å². The minimum atomic E-state index is 0.227. The van der Waals surface area contributed by atoms with Crippen molar-refractivity contribution in [1.82, 2.24) is 4.90 Å².